The maximum absolute atomic E-state index is 12.6. The molecule has 0 saturated heterocycles. The molecule has 0 atom stereocenters. The molecule has 1 amide bonds. The number of carbonyl (C=O) groups is 1. The molecule has 0 spiro atoms. The van der Waals surface area contributed by atoms with Crippen molar-refractivity contribution in [3.63, 3.8) is 0 Å². The summed E-state index contributed by atoms with van der Waals surface area (Å²) in [6, 6.07) is 13.9. The fourth-order valence-electron chi connectivity index (χ4n) is 2.92. The fraction of sp³-hybridized carbons (Fsp3) is 0.211. The highest BCUT2D eigenvalue weighted by Gasteiger charge is 2.30. The summed E-state index contributed by atoms with van der Waals surface area (Å²) >= 11 is 0. The van der Waals surface area contributed by atoms with E-state index in [0.717, 1.165) is 33.7 Å². The zero-order chi connectivity index (χ0) is 15.7. The summed E-state index contributed by atoms with van der Waals surface area (Å²) in [4.78, 5) is 14.5. The predicted molar refractivity (Wildman–Crippen MR) is 90.1 cm³/mol. The van der Waals surface area contributed by atoms with Crippen molar-refractivity contribution in [3.8, 4) is 5.75 Å². The maximum Gasteiger partial charge on any atom is 0.258 e. The lowest BCUT2D eigenvalue weighted by atomic mass is 10.0. The summed E-state index contributed by atoms with van der Waals surface area (Å²) in [5.41, 5.74) is 4.81. The quantitative estimate of drug-likeness (QED) is 0.803. The summed E-state index contributed by atoms with van der Waals surface area (Å²) in [5, 5.41) is 0. The third kappa shape index (κ3) is 2.29. The van der Waals surface area contributed by atoms with Crippen LogP contribution in [0.1, 0.15) is 23.6 Å². The van der Waals surface area contributed by atoms with Gasteiger partial charge < -0.3 is 9.64 Å². The number of methoxy groups -OCH3 is 1. The minimum Gasteiger partial charge on any atom is -0.496 e. The Morgan fingerprint density at radius 3 is 2.64 bits per heavy atom. The monoisotopic (exact) mass is 293 g/mol. The van der Waals surface area contributed by atoms with E-state index < -0.39 is 0 Å². The maximum atomic E-state index is 12.6. The molecule has 1 heterocycles. The van der Waals surface area contributed by atoms with E-state index in [-0.39, 0.29) is 5.91 Å². The molecule has 0 unspecified atom stereocenters. The van der Waals surface area contributed by atoms with Crippen LogP contribution in [0.2, 0.25) is 0 Å². The Morgan fingerprint density at radius 2 is 1.95 bits per heavy atom. The van der Waals surface area contributed by atoms with Gasteiger partial charge in [0.25, 0.3) is 5.91 Å². The Bertz CT molecular complexity index is 762. The molecular formula is C19H19NO2. The van der Waals surface area contributed by atoms with Crippen LogP contribution in [0.15, 0.2) is 42.5 Å². The highest BCUT2D eigenvalue weighted by Crippen LogP contribution is 2.37. The number of para-hydroxylation sites is 1. The predicted octanol–water partition coefficient (Wildman–Crippen LogP) is 3.91. The minimum atomic E-state index is 0.0668. The molecule has 0 aliphatic carbocycles. The number of rotatable bonds is 3. The zero-order valence-corrected chi connectivity index (χ0v) is 13.1. The molecule has 1 aliphatic rings. The van der Waals surface area contributed by atoms with E-state index in [2.05, 4.69) is 0 Å². The molecule has 0 bridgehead atoms. The number of fused-ring (bicyclic) bond motifs is 1. The first-order chi connectivity index (χ1) is 10.7. The Hall–Kier alpha value is -2.55. The number of hydrogen-bond acceptors (Lipinski definition) is 2. The van der Waals surface area contributed by atoms with E-state index in [0.29, 0.717) is 6.54 Å². The van der Waals surface area contributed by atoms with Crippen LogP contribution in [0, 0.1) is 6.92 Å². The van der Waals surface area contributed by atoms with Gasteiger partial charge >= 0.3 is 0 Å². The molecule has 0 radical (unpaired) electrons. The number of anilines is 1. The second kappa shape index (κ2) is 5.68. The molecule has 1 aliphatic heterocycles. The van der Waals surface area contributed by atoms with Crippen molar-refractivity contribution in [2.24, 2.45) is 0 Å². The van der Waals surface area contributed by atoms with Crippen LogP contribution in [0.3, 0.4) is 0 Å². The average molecular weight is 293 g/mol. The molecule has 0 saturated carbocycles. The van der Waals surface area contributed by atoms with Gasteiger partial charge in [0.15, 0.2) is 0 Å². The Balaban J connectivity index is 2.08. The van der Waals surface area contributed by atoms with Gasteiger partial charge in [-0.05, 0) is 49.2 Å². The molecule has 0 fully saturated rings. The molecule has 112 valence electrons. The van der Waals surface area contributed by atoms with Crippen LogP contribution >= 0.6 is 0 Å². The lowest BCUT2D eigenvalue weighted by Gasteiger charge is -2.13. The molecule has 0 N–H and O–H groups in total. The average Bonchev–Trinajstić information content (AvgIpc) is 2.79. The number of carbonyl (C=O) groups excluding carboxylic acids is 1. The molecule has 2 aromatic carbocycles. The van der Waals surface area contributed by atoms with Crippen molar-refractivity contribution in [3.05, 3.63) is 59.2 Å². The Kier molecular flexibility index (Phi) is 3.72. The van der Waals surface area contributed by atoms with Crippen LogP contribution in [-0.2, 0) is 4.79 Å². The van der Waals surface area contributed by atoms with Gasteiger partial charge in [-0.25, -0.2) is 0 Å². The first kappa shape index (κ1) is 14.4. The fourth-order valence-corrected chi connectivity index (χ4v) is 2.92. The zero-order valence-electron chi connectivity index (χ0n) is 13.1. The number of hydrogen-bond donors (Lipinski definition) is 0. The highest BCUT2D eigenvalue weighted by atomic mass is 16.5. The van der Waals surface area contributed by atoms with Crippen molar-refractivity contribution in [1.29, 1.82) is 0 Å². The van der Waals surface area contributed by atoms with Crippen LogP contribution < -0.4 is 9.64 Å². The van der Waals surface area contributed by atoms with Crippen LogP contribution in [0.4, 0.5) is 5.69 Å². The SMILES string of the molecule is CCN1C(=O)/C(=C\c2ccc(OC)c(C)c2)c2ccccc21. The molecule has 3 heteroatoms. The second-order valence-electron chi connectivity index (χ2n) is 5.35. The van der Waals surface area contributed by atoms with E-state index >= 15 is 0 Å². The first-order valence-electron chi connectivity index (χ1n) is 7.43. The number of ether oxygens (including phenoxy) is 1. The van der Waals surface area contributed by atoms with Gasteiger partial charge in [-0.1, -0.05) is 24.3 Å². The van der Waals surface area contributed by atoms with Crippen LogP contribution in [0.25, 0.3) is 11.6 Å². The third-order valence-corrected chi connectivity index (χ3v) is 4.01. The number of likely N-dealkylation sites (N-methyl/N-ethyl adjacent to an activating group) is 1. The van der Waals surface area contributed by atoms with Crippen molar-refractivity contribution in [1.82, 2.24) is 0 Å². The van der Waals surface area contributed by atoms with Gasteiger partial charge in [-0.3, -0.25) is 4.79 Å². The van der Waals surface area contributed by atoms with E-state index in [4.69, 9.17) is 4.74 Å². The van der Waals surface area contributed by atoms with Gasteiger partial charge in [0.05, 0.1) is 12.8 Å². The van der Waals surface area contributed by atoms with Gasteiger partial charge in [0.2, 0.25) is 0 Å². The van der Waals surface area contributed by atoms with Crippen molar-refractivity contribution >= 4 is 23.2 Å². The summed E-state index contributed by atoms with van der Waals surface area (Å²) < 4.78 is 5.29. The normalized spacial score (nSPS) is 15.3. The Morgan fingerprint density at radius 1 is 1.18 bits per heavy atom. The summed E-state index contributed by atoms with van der Waals surface area (Å²) in [5.74, 6) is 0.924. The van der Waals surface area contributed by atoms with Gasteiger partial charge in [0.1, 0.15) is 5.75 Å². The molecular weight excluding hydrogens is 274 g/mol. The van der Waals surface area contributed by atoms with Crippen LogP contribution in [-0.4, -0.2) is 19.6 Å². The topological polar surface area (TPSA) is 29.5 Å². The summed E-state index contributed by atoms with van der Waals surface area (Å²) in [7, 11) is 1.66. The largest absolute Gasteiger partial charge is 0.496 e. The minimum absolute atomic E-state index is 0.0668. The van der Waals surface area contributed by atoms with E-state index in [1.807, 2.05) is 67.3 Å². The highest BCUT2D eigenvalue weighted by molar-refractivity contribution is 6.35. The molecule has 3 nitrogen and oxygen atoms in total. The van der Waals surface area contributed by atoms with Gasteiger partial charge in [-0.2, -0.15) is 0 Å². The lowest BCUT2D eigenvalue weighted by Crippen LogP contribution is -2.25. The van der Waals surface area contributed by atoms with Gasteiger partial charge in [-0.15, -0.1) is 0 Å². The number of nitrogens with zero attached hydrogens (tertiary/aromatic N) is 1. The lowest BCUT2D eigenvalue weighted by molar-refractivity contribution is -0.112. The second-order valence-corrected chi connectivity index (χ2v) is 5.35. The smallest absolute Gasteiger partial charge is 0.258 e. The number of aryl methyl sites for hydroxylation is 1. The van der Waals surface area contributed by atoms with E-state index in [9.17, 15) is 4.79 Å². The summed E-state index contributed by atoms with van der Waals surface area (Å²) in [6.07, 6.45) is 1.96. The number of amides is 1. The number of benzene rings is 2. The summed E-state index contributed by atoms with van der Waals surface area (Å²) in [6.45, 7) is 4.67. The van der Waals surface area contributed by atoms with E-state index in [1.165, 1.54) is 0 Å². The third-order valence-electron chi connectivity index (χ3n) is 4.01. The molecule has 3 rings (SSSR count). The van der Waals surface area contributed by atoms with Gasteiger partial charge in [0, 0.05) is 17.7 Å². The molecule has 0 aromatic heterocycles. The van der Waals surface area contributed by atoms with Crippen molar-refractivity contribution < 1.29 is 9.53 Å². The van der Waals surface area contributed by atoms with Crippen molar-refractivity contribution in [2.75, 3.05) is 18.6 Å². The Labute approximate surface area is 130 Å². The van der Waals surface area contributed by atoms with E-state index in [1.54, 1.807) is 7.11 Å². The molecule has 2 aromatic rings. The first-order valence-corrected chi connectivity index (χ1v) is 7.43. The molecule has 22 heavy (non-hydrogen) atoms. The standard InChI is InChI=1S/C19H19NO2/c1-4-20-17-8-6-5-7-15(17)16(19(20)21)12-14-9-10-18(22-3)13(2)11-14/h5-12H,4H2,1-3H3/b16-12-. The van der Waals surface area contributed by atoms with Crippen LogP contribution in [0.5, 0.6) is 5.75 Å². The van der Waals surface area contributed by atoms with Crippen molar-refractivity contribution in [2.45, 2.75) is 13.8 Å².